The lowest BCUT2D eigenvalue weighted by molar-refractivity contribution is 0.396. The number of aromatic nitrogens is 2. The second-order valence-electron chi connectivity index (χ2n) is 6.42. The van der Waals surface area contributed by atoms with Crippen LogP contribution >= 0.6 is 11.6 Å². The average Bonchev–Trinajstić information content (AvgIpc) is 3.23. The molecule has 0 saturated heterocycles. The van der Waals surface area contributed by atoms with Gasteiger partial charge in [-0.3, -0.25) is 0 Å². The van der Waals surface area contributed by atoms with Crippen molar-refractivity contribution in [2.24, 2.45) is 0 Å². The molecule has 0 unspecified atom stereocenters. The van der Waals surface area contributed by atoms with Crippen LogP contribution in [0.4, 0.5) is 0 Å². The van der Waals surface area contributed by atoms with Crippen LogP contribution < -0.4 is 4.74 Å². The summed E-state index contributed by atoms with van der Waals surface area (Å²) in [5.41, 5.74) is 1.36. The molecular weight excluding hydrogens is 424 g/mol. The summed E-state index contributed by atoms with van der Waals surface area (Å²) in [4.78, 5) is 0.0652. The second kappa shape index (κ2) is 7.85. The predicted octanol–water partition coefficient (Wildman–Crippen LogP) is 4.74. The monoisotopic (exact) mass is 440 g/mol. The fourth-order valence-electron chi connectivity index (χ4n) is 3.17. The van der Waals surface area contributed by atoms with E-state index in [0.717, 1.165) is 0 Å². The van der Waals surface area contributed by atoms with Gasteiger partial charge in [-0.05, 0) is 36.4 Å². The summed E-state index contributed by atoms with van der Waals surface area (Å²) in [6.45, 7) is 0. The number of ether oxygens (including phenoxy) is 1. The Hall–Kier alpha value is -3.29. The number of benzene rings is 3. The van der Waals surface area contributed by atoms with Gasteiger partial charge in [0.25, 0.3) is 0 Å². The van der Waals surface area contributed by atoms with E-state index in [9.17, 15) is 13.5 Å². The van der Waals surface area contributed by atoms with E-state index in [1.54, 1.807) is 53.3 Å². The summed E-state index contributed by atoms with van der Waals surface area (Å²) in [5.74, 6) is -0.100. The lowest BCUT2D eigenvalue weighted by Gasteiger charge is -2.15. The van der Waals surface area contributed by atoms with E-state index < -0.39 is 9.84 Å². The molecule has 30 heavy (non-hydrogen) atoms. The second-order valence-corrected chi connectivity index (χ2v) is 8.74. The van der Waals surface area contributed by atoms with E-state index in [-0.39, 0.29) is 26.9 Å². The molecule has 4 rings (SSSR count). The molecule has 0 radical (unpaired) electrons. The zero-order chi connectivity index (χ0) is 21.3. The Morgan fingerprint density at radius 3 is 2.40 bits per heavy atom. The van der Waals surface area contributed by atoms with Crippen LogP contribution in [0.1, 0.15) is 0 Å². The number of methoxy groups -OCH3 is 1. The highest BCUT2D eigenvalue weighted by molar-refractivity contribution is 7.91. The van der Waals surface area contributed by atoms with Gasteiger partial charge in [0.1, 0.15) is 16.4 Å². The third-order valence-corrected chi connectivity index (χ3v) is 6.73. The predicted molar refractivity (Wildman–Crippen MR) is 114 cm³/mol. The van der Waals surface area contributed by atoms with Gasteiger partial charge in [0.05, 0.1) is 34.6 Å². The zero-order valence-electron chi connectivity index (χ0n) is 15.9. The molecule has 0 aliphatic heterocycles. The van der Waals surface area contributed by atoms with Gasteiger partial charge in [0.15, 0.2) is 0 Å². The Morgan fingerprint density at radius 1 is 1.00 bits per heavy atom. The standard InChI is InChI=1S/C22H17ClN2O4S/c1-29-21-14-20(26)16(13-22(21)30(27,28)15-7-3-2-4-8-15)18-11-12-24-25(18)19-10-6-5-9-17(19)23/h2-14,26H,1H3. The number of hydrogen-bond donors (Lipinski definition) is 1. The van der Waals surface area contributed by atoms with Crippen molar-refractivity contribution in [2.45, 2.75) is 9.79 Å². The van der Waals surface area contributed by atoms with E-state index in [1.165, 1.54) is 31.4 Å². The van der Waals surface area contributed by atoms with Crippen molar-refractivity contribution in [3.63, 3.8) is 0 Å². The van der Waals surface area contributed by atoms with Gasteiger partial charge in [-0.25, -0.2) is 13.1 Å². The van der Waals surface area contributed by atoms with Crippen LogP contribution in [0.15, 0.2) is 88.8 Å². The van der Waals surface area contributed by atoms with E-state index in [2.05, 4.69) is 5.10 Å². The molecule has 0 fully saturated rings. The number of sulfone groups is 1. The van der Waals surface area contributed by atoms with Crippen LogP contribution in [0, 0.1) is 0 Å². The molecule has 3 aromatic carbocycles. The third-order valence-electron chi connectivity index (χ3n) is 4.62. The van der Waals surface area contributed by atoms with E-state index in [1.807, 2.05) is 6.07 Å². The van der Waals surface area contributed by atoms with Crippen LogP contribution in [-0.2, 0) is 9.84 Å². The van der Waals surface area contributed by atoms with E-state index in [0.29, 0.717) is 16.4 Å². The summed E-state index contributed by atoms with van der Waals surface area (Å²) >= 11 is 6.31. The van der Waals surface area contributed by atoms with Crippen molar-refractivity contribution in [1.82, 2.24) is 9.78 Å². The van der Waals surface area contributed by atoms with Crippen molar-refractivity contribution in [1.29, 1.82) is 0 Å². The number of halogens is 1. The van der Waals surface area contributed by atoms with E-state index in [4.69, 9.17) is 16.3 Å². The normalized spacial score (nSPS) is 11.4. The molecule has 0 spiro atoms. The lowest BCUT2D eigenvalue weighted by atomic mass is 10.1. The van der Waals surface area contributed by atoms with Gasteiger partial charge in [0, 0.05) is 11.6 Å². The SMILES string of the molecule is COc1cc(O)c(-c2ccnn2-c2ccccc2Cl)cc1S(=O)(=O)c1ccccc1. The number of phenolic OH excluding ortho intramolecular Hbond substituents is 1. The molecule has 8 heteroatoms. The molecule has 6 nitrogen and oxygen atoms in total. The minimum Gasteiger partial charge on any atom is -0.507 e. The molecular formula is C22H17ClN2O4S. The first kappa shape index (κ1) is 20.0. The quantitative estimate of drug-likeness (QED) is 0.484. The maximum Gasteiger partial charge on any atom is 0.210 e. The van der Waals surface area contributed by atoms with Crippen molar-refractivity contribution in [3.05, 3.63) is 84.0 Å². The van der Waals surface area contributed by atoms with Gasteiger partial charge in [-0.1, -0.05) is 41.9 Å². The van der Waals surface area contributed by atoms with Crippen LogP contribution in [0.3, 0.4) is 0 Å². The van der Waals surface area contributed by atoms with Crippen molar-refractivity contribution >= 4 is 21.4 Å². The van der Waals surface area contributed by atoms with Crippen LogP contribution in [-0.4, -0.2) is 30.4 Å². The number of phenols is 1. The van der Waals surface area contributed by atoms with Crippen molar-refractivity contribution < 1.29 is 18.3 Å². The van der Waals surface area contributed by atoms with Crippen LogP contribution in [0.25, 0.3) is 16.9 Å². The number of rotatable bonds is 5. The lowest BCUT2D eigenvalue weighted by Crippen LogP contribution is -2.06. The Morgan fingerprint density at radius 2 is 1.70 bits per heavy atom. The molecule has 1 aromatic heterocycles. The summed E-state index contributed by atoms with van der Waals surface area (Å²) in [6, 6.07) is 19.5. The smallest absolute Gasteiger partial charge is 0.210 e. The number of para-hydroxylation sites is 1. The first-order valence-electron chi connectivity index (χ1n) is 8.94. The molecule has 0 aliphatic carbocycles. The minimum absolute atomic E-state index is 0.0453. The minimum atomic E-state index is -3.89. The van der Waals surface area contributed by atoms with Gasteiger partial charge in [-0.15, -0.1) is 0 Å². The highest BCUT2D eigenvalue weighted by Gasteiger charge is 2.26. The fraction of sp³-hybridized carbons (Fsp3) is 0.0455. The molecule has 0 saturated carbocycles. The largest absolute Gasteiger partial charge is 0.507 e. The summed E-state index contributed by atoms with van der Waals surface area (Å²) < 4.78 is 33.3. The summed E-state index contributed by atoms with van der Waals surface area (Å²) in [6.07, 6.45) is 1.55. The van der Waals surface area contributed by atoms with Gasteiger partial charge in [0.2, 0.25) is 9.84 Å². The molecule has 0 atom stereocenters. The van der Waals surface area contributed by atoms with Crippen molar-refractivity contribution in [2.75, 3.05) is 7.11 Å². The Labute approximate surface area is 178 Å². The third kappa shape index (κ3) is 3.42. The fourth-order valence-corrected chi connectivity index (χ4v) is 4.84. The highest BCUT2D eigenvalue weighted by atomic mass is 35.5. The molecule has 4 aromatic rings. The summed E-state index contributed by atoms with van der Waals surface area (Å²) in [5, 5.41) is 15.4. The number of hydrogen-bond acceptors (Lipinski definition) is 5. The molecule has 0 aliphatic rings. The molecule has 1 N–H and O–H groups in total. The maximum atomic E-state index is 13.3. The highest BCUT2D eigenvalue weighted by Crippen LogP contribution is 2.40. The molecule has 1 heterocycles. The number of nitrogens with zero attached hydrogens (tertiary/aromatic N) is 2. The summed E-state index contributed by atoms with van der Waals surface area (Å²) in [7, 11) is -2.54. The van der Waals surface area contributed by atoms with E-state index >= 15 is 0 Å². The first-order valence-corrected chi connectivity index (χ1v) is 10.8. The Kier molecular flexibility index (Phi) is 5.24. The Balaban J connectivity index is 1.94. The zero-order valence-corrected chi connectivity index (χ0v) is 17.4. The van der Waals surface area contributed by atoms with Gasteiger partial charge >= 0.3 is 0 Å². The van der Waals surface area contributed by atoms with Crippen LogP contribution in [0.2, 0.25) is 5.02 Å². The van der Waals surface area contributed by atoms with Gasteiger partial charge in [-0.2, -0.15) is 5.10 Å². The Bertz CT molecular complexity index is 1320. The molecule has 152 valence electrons. The molecule has 0 amide bonds. The van der Waals surface area contributed by atoms with Crippen LogP contribution in [0.5, 0.6) is 11.5 Å². The topological polar surface area (TPSA) is 81.4 Å². The van der Waals surface area contributed by atoms with Crippen molar-refractivity contribution in [3.8, 4) is 28.4 Å². The van der Waals surface area contributed by atoms with Gasteiger partial charge < -0.3 is 9.84 Å². The molecule has 0 bridgehead atoms. The average molecular weight is 441 g/mol. The first-order chi connectivity index (χ1) is 14.4. The number of aromatic hydroxyl groups is 1. The maximum absolute atomic E-state index is 13.3.